The first-order valence-electron chi connectivity index (χ1n) is 7.31. The quantitative estimate of drug-likeness (QED) is 0.845. The number of aromatic nitrogens is 2. The summed E-state index contributed by atoms with van der Waals surface area (Å²) in [7, 11) is 3.62. The third kappa shape index (κ3) is 5.37. The summed E-state index contributed by atoms with van der Waals surface area (Å²) in [5.41, 5.74) is 0.851. The topological polar surface area (TPSA) is 59.4 Å². The average Bonchev–Trinajstić information content (AvgIpc) is 2.78. The Labute approximate surface area is 134 Å². The molecule has 0 unspecified atom stereocenters. The van der Waals surface area contributed by atoms with Crippen molar-refractivity contribution in [3.05, 3.63) is 41.8 Å². The molecule has 2 aromatic rings. The molecule has 1 heterocycles. The lowest BCUT2D eigenvalue weighted by atomic mass is 10.3. The molecule has 0 aliphatic carbocycles. The summed E-state index contributed by atoms with van der Waals surface area (Å²) in [5.74, 6) is 0.867. The first-order chi connectivity index (χ1) is 10.9. The van der Waals surface area contributed by atoms with Gasteiger partial charge in [0.25, 0.3) is 0 Å². The van der Waals surface area contributed by atoms with Crippen molar-refractivity contribution < 1.29 is 13.9 Å². The first kappa shape index (κ1) is 17.0. The summed E-state index contributed by atoms with van der Waals surface area (Å²) in [5, 5.41) is 6.99. The van der Waals surface area contributed by atoms with Gasteiger partial charge in [-0.25, -0.2) is 4.39 Å². The molecule has 0 bridgehead atoms. The van der Waals surface area contributed by atoms with E-state index in [0.29, 0.717) is 24.7 Å². The lowest BCUT2D eigenvalue weighted by Gasteiger charge is -2.16. The lowest BCUT2D eigenvalue weighted by molar-refractivity contribution is -0.117. The Morgan fingerprint density at radius 2 is 2.09 bits per heavy atom. The summed E-state index contributed by atoms with van der Waals surface area (Å²) >= 11 is 0. The van der Waals surface area contributed by atoms with E-state index in [1.807, 2.05) is 24.9 Å². The van der Waals surface area contributed by atoms with Crippen molar-refractivity contribution in [1.29, 1.82) is 0 Å². The summed E-state index contributed by atoms with van der Waals surface area (Å²) in [6, 6.07) is 7.67. The van der Waals surface area contributed by atoms with Crippen LogP contribution < -0.4 is 10.1 Å². The number of ether oxygens (including phenoxy) is 1. The Hall–Kier alpha value is -2.41. The number of amides is 1. The maximum atomic E-state index is 12.8. The number of halogens is 1. The van der Waals surface area contributed by atoms with Crippen LogP contribution in [0, 0.1) is 12.7 Å². The van der Waals surface area contributed by atoms with Crippen LogP contribution in [0.15, 0.2) is 30.3 Å². The monoisotopic (exact) mass is 320 g/mol. The van der Waals surface area contributed by atoms with Crippen molar-refractivity contribution in [2.45, 2.75) is 6.92 Å². The van der Waals surface area contributed by atoms with E-state index in [0.717, 1.165) is 5.69 Å². The second kappa shape index (κ2) is 7.73. The van der Waals surface area contributed by atoms with Crippen LogP contribution in [0.4, 0.5) is 10.2 Å². The van der Waals surface area contributed by atoms with E-state index in [1.54, 1.807) is 23.9 Å². The number of hydrogen-bond acceptors (Lipinski definition) is 4. The summed E-state index contributed by atoms with van der Waals surface area (Å²) in [6.45, 7) is 3.11. The Kier molecular flexibility index (Phi) is 5.70. The number of anilines is 1. The van der Waals surface area contributed by atoms with E-state index in [1.165, 1.54) is 12.1 Å². The smallest absolute Gasteiger partial charge is 0.239 e. The minimum Gasteiger partial charge on any atom is -0.492 e. The van der Waals surface area contributed by atoms with Gasteiger partial charge < -0.3 is 10.1 Å². The van der Waals surface area contributed by atoms with Crippen molar-refractivity contribution >= 4 is 11.7 Å². The summed E-state index contributed by atoms with van der Waals surface area (Å²) < 4.78 is 19.9. The van der Waals surface area contributed by atoms with Crippen LogP contribution in [0.1, 0.15) is 5.69 Å². The molecule has 0 saturated carbocycles. The number of nitrogens with zero attached hydrogens (tertiary/aromatic N) is 3. The van der Waals surface area contributed by atoms with Crippen LogP contribution in [-0.2, 0) is 11.8 Å². The van der Waals surface area contributed by atoms with Crippen molar-refractivity contribution in [2.75, 3.05) is 32.1 Å². The third-order valence-corrected chi connectivity index (χ3v) is 3.24. The van der Waals surface area contributed by atoms with Crippen LogP contribution in [0.3, 0.4) is 0 Å². The first-order valence-corrected chi connectivity index (χ1v) is 7.31. The minimum absolute atomic E-state index is 0.114. The zero-order chi connectivity index (χ0) is 16.8. The number of carbonyl (C=O) groups is 1. The van der Waals surface area contributed by atoms with Crippen LogP contribution in [0.5, 0.6) is 5.75 Å². The molecule has 0 aliphatic heterocycles. The molecule has 0 aliphatic rings. The van der Waals surface area contributed by atoms with Crippen molar-refractivity contribution in [3.8, 4) is 5.75 Å². The van der Waals surface area contributed by atoms with Gasteiger partial charge in [0.2, 0.25) is 5.91 Å². The molecule has 124 valence electrons. The molecule has 1 N–H and O–H groups in total. The normalized spacial score (nSPS) is 10.8. The number of aryl methyl sites for hydroxylation is 2. The zero-order valence-corrected chi connectivity index (χ0v) is 13.5. The Balaban J connectivity index is 1.71. The maximum absolute atomic E-state index is 12.8. The van der Waals surface area contributed by atoms with Gasteiger partial charge in [-0.3, -0.25) is 14.4 Å². The van der Waals surface area contributed by atoms with E-state index in [9.17, 15) is 9.18 Å². The predicted octanol–water partition coefficient (Wildman–Crippen LogP) is 1.82. The van der Waals surface area contributed by atoms with Gasteiger partial charge in [-0.05, 0) is 38.2 Å². The SMILES string of the molecule is Cc1cc(NC(=O)CN(C)CCOc2ccc(F)cc2)n(C)n1. The molecule has 0 radical (unpaired) electrons. The summed E-state index contributed by atoms with van der Waals surface area (Å²) in [4.78, 5) is 13.8. The summed E-state index contributed by atoms with van der Waals surface area (Å²) in [6.07, 6.45) is 0. The Morgan fingerprint density at radius 1 is 1.39 bits per heavy atom. The van der Waals surface area contributed by atoms with Crippen LogP contribution >= 0.6 is 0 Å². The standard InChI is InChI=1S/C16H21FN4O2/c1-12-10-15(21(3)19-12)18-16(22)11-20(2)8-9-23-14-6-4-13(17)5-7-14/h4-7,10H,8-9,11H2,1-3H3,(H,18,22). The van der Waals surface area contributed by atoms with Crippen LogP contribution in [0.25, 0.3) is 0 Å². The highest BCUT2D eigenvalue weighted by molar-refractivity contribution is 5.91. The van der Waals surface area contributed by atoms with Gasteiger partial charge >= 0.3 is 0 Å². The van der Waals surface area contributed by atoms with E-state index < -0.39 is 0 Å². The highest BCUT2D eigenvalue weighted by Gasteiger charge is 2.10. The third-order valence-electron chi connectivity index (χ3n) is 3.24. The molecule has 1 aromatic heterocycles. The average molecular weight is 320 g/mol. The molecule has 1 amide bonds. The molecule has 0 saturated heterocycles. The molecule has 0 fully saturated rings. The number of likely N-dealkylation sites (N-methyl/N-ethyl adjacent to an activating group) is 1. The van der Waals surface area contributed by atoms with E-state index in [4.69, 9.17) is 4.74 Å². The van der Waals surface area contributed by atoms with Gasteiger partial charge in [-0.1, -0.05) is 0 Å². The van der Waals surface area contributed by atoms with Gasteiger partial charge in [0.1, 0.15) is 24.0 Å². The van der Waals surface area contributed by atoms with Gasteiger partial charge in [0, 0.05) is 19.7 Å². The van der Waals surface area contributed by atoms with Gasteiger partial charge in [0.15, 0.2) is 0 Å². The van der Waals surface area contributed by atoms with Crippen molar-refractivity contribution in [3.63, 3.8) is 0 Å². The number of hydrogen-bond donors (Lipinski definition) is 1. The molecule has 1 aromatic carbocycles. The molecular formula is C16H21FN4O2. The molecule has 2 rings (SSSR count). The molecule has 23 heavy (non-hydrogen) atoms. The van der Waals surface area contributed by atoms with E-state index in [2.05, 4.69) is 10.4 Å². The van der Waals surface area contributed by atoms with E-state index >= 15 is 0 Å². The fourth-order valence-electron chi connectivity index (χ4n) is 2.08. The largest absolute Gasteiger partial charge is 0.492 e. The molecular weight excluding hydrogens is 299 g/mol. The Bertz CT molecular complexity index is 655. The number of benzene rings is 1. The predicted molar refractivity (Wildman–Crippen MR) is 86.0 cm³/mol. The molecule has 6 nitrogen and oxygen atoms in total. The van der Waals surface area contributed by atoms with Gasteiger partial charge in [0.05, 0.1) is 12.2 Å². The number of rotatable bonds is 7. The number of carbonyl (C=O) groups excluding carboxylic acids is 1. The fourth-order valence-corrected chi connectivity index (χ4v) is 2.08. The fraction of sp³-hybridized carbons (Fsp3) is 0.375. The maximum Gasteiger partial charge on any atom is 0.239 e. The van der Waals surface area contributed by atoms with Crippen molar-refractivity contribution in [2.24, 2.45) is 7.05 Å². The minimum atomic E-state index is -0.295. The van der Waals surface area contributed by atoms with Gasteiger partial charge in [-0.15, -0.1) is 0 Å². The van der Waals surface area contributed by atoms with Crippen LogP contribution in [0.2, 0.25) is 0 Å². The van der Waals surface area contributed by atoms with Gasteiger partial charge in [-0.2, -0.15) is 5.10 Å². The van der Waals surface area contributed by atoms with E-state index in [-0.39, 0.29) is 18.3 Å². The zero-order valence-electron chi connectivity index (χ0n) is 13.5. The highest BCUT2D eigenvalue weighted by Crippen LogP contribution is 2.11. The second-order valence-electron chi connectivity index (χ2n) is 5.38. The van der Waals surface area contributed by atoms with Crippen LogP contribution in [-0.4, -0.2) is 47.3 Å². The number of nitrogens with one attached hydrogen (secondary N) is 1. The highest BCUT2D eigenvalue weighted by atomic mass is 19.1. The molecule has 7 heteroatoms. The lowest BCUT2D eigenvalue weighted by Crippen LogP contribution is -2.33. The molecule has 0 spiro atoms. The Morgan fingerprint density at radius 3 is 2.70 bits per heavy atom. The van der Waals surface area contributed by atoms with Crippen molar-refractivity contribution in [1.82, 2.24) is 14.7 Å². The molecule has 0 atom stereocenters. The second-order valence-corrected chi connectivity index (χ2v) is 5.38.